The third-order valence-electron chi connectivity index (χ3n) is 3.89. The van der Waals surface area contributed by atoms with E-state index in [-0.39, 0.29) is 18.2 Å². The quantitative estimate of drug-likeness (QED) is 0.637. The molecule has 1 aromatic heterocycles. The van der Waals surface area contributed by atoms with Crippen LogP contribution in [-0.4, -0.2) is 28.9 Å². The van der Waals surface area contributed by atoms with E-state index < -0.39 is 4.92 Å². The molecule has 6 nitrogen and oxygen atoms in total. The fourth-order valence-electron chi connectivity index (χ4n) is 2.55. The molecule has 1 aliphatic rings. The molecule has 23 heavy (non-hydrogen) atoms. The molecule has 0 radical (unpaired) electrons. The molecule has 1 aliphatic heterocycles. The predicted molar refractivity (Wildman–Crippen MR) is 86.8 cm³/mol. The number of nitrogens with zero attached hydrogens (tertiary/aromatic N) is 2. The lowest BCUT2D eigenvalue weighted by molar-refractivity contribution is -0.384. The average molecular weight is 332 g/mol. The molecular formula is C16H16N2O4S. The van der Waals surface area contributed by atoms with Gasteiger partial charge in [-0.25, -0.2) is 0 Å². The lowest BCUT2D eigenvalue weighted by Gasteiger charge is -2.27. The van der Waals surface area contributed by atoms with E-state index in [1.54, 1.807) is 29.2 Å². The molecule has 0 unspecified atom stereocenters. The van der Waals surface area contributed by atoms with Crippen LogP contribution in [0.5, 0.6) is 5.75 Å². The third-order valence-corrected chi connectivity index (χ3v) is 4.92. The van der Waals surface area contributed by atoms with E-state index in [4.69, 9.17) is 4.74 Å². The van der Waals surface area contributed by atoms with Gasteiger partial charge in [0.2, 0.25) is 0 Å². The number of rotatable bonds is 4. The molecule has 3 rings (SSSR count). The number of hydrogen-bond acceptors (Lipinski definition) is 5. The highest BCUT2D eigenvalue weighted by atomic mass is 32.1. The number of benzene rings is 1. The van der Waals surface area contributed by atoms with Gasteiger partial charge in [-0.2, -0.15) is 0 Å². The van der Waals surface area contributed by atoms with Crippen molar-refractivity contribution in [2.24, 2.45) is 0 Å². The number of carbonyl (C=O) groups is 1. The van der Waals surface area contributed by atoms with Gasteiger partial charge in [0.1, 0.15) is 5.75 Å². The van der Waals surface area contributed by atoms with Gasteiger partial charge in [-0.3, -0.25) is 14.9 Å². The van der Waals surface area contributed by atoms with Gasteiger partial charge in [-0.1, -0.05) is 0 Å². The van der Waals surface area contributed by atoms with Gasteiger partial charge in [0.05, 0.1) is 11.0 Å². The van der Waals surface area contributed by atoms with Crippen molar-refractivity contribution in [2.45, 2.75) is 19.9 Å². The van der Waals surface area contributed by atoms with Crippen molar-refractivity contribution in [1.82, 2.24) is 4.90 Å². The van der Waals surface area contributed by atoms with Crippen molar-refractivity contribution in [1.29, 1.82) is 0 Å². The van der Waals surface area contributed by atoms with E-state index in [2.05, 4.69) is 0 Å². The summed E-state index contributed by atoms with van der Waals surface area (Å²) in [4.78, 5) is 25.7. The number of carbonyl (C=O) groups excluding carboxylic acids is 1. The Morgan fingerprint density at radius 3 is 3.04 bits per heavy atom. The summed E-state index contributed by atoms with van der Waals surface area (Å²) >= 11 is 1.72. The average Bonchev–Trinajstić information content (AvgIpc) is 3.01. The first kappa shape index (κ1) is 15.5. The second-order valence-corrected chi connectivity index (χ2v) is 6.43. The van der Waals surface area contributed by atoms with Crippen LogP contribution >= 0.6 is 11.3 Å². The summed E-state index contributed by atoms with van der Waals surface area (Å²) in [5.74, 6) is 0.272. The second kappa shape index (κ2) is 6.37. The van der Waals surface area contributed by atoms with E-state index in [9.17, 15) is 14.9 Å². The largest absolute Gasteiger partial charge is 0.483 e. The number of amides is 1. The molecule has 0 fully saturated rings. The Morgan fingerprint density at radius 1 is 1.43 bits per heavy atom. The minimum atomic E-state index is -0.475. The van der Waals surface area contributed by atoms with Crippen LogP contribution in [0, 0.1) is 17.0 Å². The Hall–Kier alpha value is -2.41. The van der Waals surface area contributed by atoms with Crippen molar-refractivity contribution in [3.63, 3.8) is 0 Å². The molecule has 0 bridgehead atoms. The van der Waals surface area contributed by atoms with Crippen LogP contribution in [0.3, 0.4) is 0 Å². The summed E-state index contributed by atoms with van der Waals surface area (Å²) in [5, 5.41) is 12.9. The minimum Gasteiger partial charge on any atom is -0.483 e. The van der Waals surface area contributed by atoms with E-state index >= 15 is 0 Å². The van der Waals surface area contributed by atoms with Crippen molar-refractivity contribution in [3.8, 4) is 5.75 Å². The Labute approximate surface area is 137 Å². The van der Waals surface area contributed by atoms with Crippen LogP contribution in [0.1, 0.15) is 16.0 Å². The summed E-state index contributed by atoms with van der Waals surface area (Å²) < 4.78 is 5.52. The van der Waals surface area contributed by atoms with Crippen LogP contribution < -0.4 is 4.74 Å². The maximum atomic E-state index is 12.3. The molecule has 7 heteroatoms. The first-order valence-electron chi connectivity index (χ1n) is 7.25. The van der Waals surface area contributed by atoms with Crippen molar-refractivity contribution < 1.29 is 14.5 Å². The van der Waals surface area contributed by atoms with Crippen LogP contribution in [0.25, 0.3) is 0 Å². The summed E-state index contributed by atoms with van der Waals surface area (Å²) in [7, 11) is 0. The summed E-state index contributed by atoms with van der Waals surface area (Å²) in [6.07, 6.45) is 0.870. The maximum absolute atomic E-state index is 12.3. The predicted octanol–water partition coefficient (Wildman–Crippen LogP) is 2.93. The molecular weight excluding hydrogens is 316 g/mol. The number of aryl methyl sites for hydroxylation is 1. The highest BCUT2D eigenvalue weighted by Gasteiger charge is 2.22. The highest BCUT2D eigenvalue weighted by molar-refractivity contribution is 7.10. The first-order chi connectivity index (χ1) is 11.0. The Morgan fingerprint density at radius 2 is 2.26 bits per heavy atom. The van der Waals surface area contributed by atoms with Crippen LogP contribution in [0.4, 0.5) is 5.69 Å². The van der Waals surface area contributed by atoms with Crippen molar-refractivity contribution in [2.75, 3.05) is 13.2 Å². The van der Waals surface area contributed by atoms with E-state index in [0.717, 1.165) is 12.0 Å². The monoisotopic (exact) mass is 332 g/mol. The number of hydrogen-bond donors (Lipinski definition) is 0. The van der Waals surface area contributed by atoms with E-state index in [0.29, 0.717) is 18.8 Å². The first-order valence-corrected chi connectivity index (χ1v) is 8.13. The molecule has 0 saturated heterocycles. The third kappa shape index (κ3) is 3.34. The molecule has 0 atom stereocenters. The van der Waals surface area contributed by atoms with E-state index in [1.165, 1.54) is 22.6 Å². The number of ether oxygens (including phenoxy) is 1. The van der Waals surface area contributed by atoms with Gasteiger partial charge in [-0.05, 0) is 42.0 Å². The van der Waals surface area contributed by atoms with Gasteiger partial charge in [0.25, 0.3) is 11.6 Å². The fourth-order valence-corrected chi connectivity index (χ4v) is 3.44. The summed E-state index contributed by atoms with van der Waals surface area (Å²) in [5.41, 5.74) is 1.92. The van der Waals surface area contributed by atoms with Crippen molar-refractivity contribution >= 4 is 22.9 Å². The van der Waals surface area contributed by atoms with Gasteiger partial charge in [0.15, 0.2) is 6.61 Å². The number of nitro benzene ring substituents is 1. The molecule has 0 aliphatic carbocycles. The minimum absolute atomic E-state index is 0.0427. The Bertz CT molecular complexity index is 756. The molecule has 1 aromatic carbocycles. The lowest BCUT2D eigenvalue weighted by Crippen LogP contribution is -2.38. The zero-order valence-electron chi connectivity index (χ0n) is 12.7. The Kier molecular flexibility index (Phi) is 4.29. The molecule has 120 valence electrons. The number of non-ortho nitro benzene ring substituents is 1. The highest BCUT2D eigenvalue weighted by Crippen LogP contribution is 2.26. The van der Waals surface area contributed by atoms with Gasteiger partial charge in [0, 0.05) is 24.0 Å². The van der Waals surface area contributed by atoms with Crippen LogP contribution in [0.15, 0.2) is 29.6 Å². The van der Waals surface area contributed by atoms with Crippen LogP contribution in [0.2, 0.25) is 0 Å². The van der Waals surface area contributed by atoms with E-state index in [1.807, 2.05) is 11.4 Å². The van der Waals surface area contributed by atoms with Crippen molar-refractivity contribution in [3.05, 3.63) is 55.8 Å². The SMILES string of the molecule is Cc1ccc([N+](=O)[O-])cc1OCC(=O)N1CCc2sccc2C1. The van der Waals surface area contributed by atoms with Gasteiger partial charge >= 0.3 is 0 Å². The second-order valence-electron chi connectivity index (χ2n) is 5.43. The van der Waals surface area contributed by atoms with Crippen LogP contribution in [-0.2, 0) is 17.8 Å². The maximum Gasteiger partial charge on any atom is 0.273 e. The zero-order chi connectivity index (χ0) is 16.4. The topological polar surface area (TPSA) is 72.7 Å². The Balaban J connectivity index is 1.63. The number of nitro groups is 1. The smallest absolute Gasteiger partial charge is 0.273 e. The lowest BCUT2D eigenvalue weighted by atomic mass is 10.1. The zero-order valence-corrected chi connectivity index (χ0v) is 13.5. The summed E-state index contributed by atoms with van der Waals surface area (Å²) in [6, 6.07) is 6.45. The van der Waals surface area contributed by atoms with Gasteiger partial charge in [-0.15, -0.1) is 11.3 Å². The van der Waals surface area contributed by atoms with Gasteiger partial charge < -0.3 is 9.64 Å². The number of fused-ring (bicyclic) bond motifs is 1. The summed E-state index contributed by atoms with van der Waals surface area (Å²) in [6.45, 7) is 2.97. The molecule has 1 amide bonds. The molecule has 0 spiro atoms. The fraction of sp³-hybridized carbons (Fsp3) is 0.312. The molecule has 2 aromatic rings. The normalized spacial score (nSPS) is 13.5. The molecule has 0 N–H and O–H groups in total. The molecule has 2 heterocycles. The molecule has 0 saturated carbocycles. The standard InChI is InChI=1S/C16H16N2O4S/c1-11-2-3-13(18(20)21)8-14(11)22-10-16(19)17-6-4-15-12(9-17)5-7-23-15/h2-3,5,7-8H,4,6,9-10H2,1H3. The number of thiophene rings is 1.